The third kappa shape index (κ3) is 8.59. The zero-order valence-electron chi connectivity index (χ0n) is 34.8. The fourth-order valence-corrected chi connectivity index (χ4v) is 11.4. The number of nitro groups is 1. The lowest BCUT2D eigenvalue weighted by Crippen LogP contribution is -2.54. The number of anilines is 2. The number of piperidine rings is 1. The third-order valence-electron chi connectivity index (χ3n) is 13.6. The number of pyridine rings is 1. The number of hydrogen-bond donors (Lipinski definition) is 3. The molecule has 0 unspecified atom stereocenters. The van der Waals surface area contributed by atoms with Crippen molar-refractivity contribution in [3.05, 3.63) is 111 Å². The second kappa shape index (κ2) is 17.5. The van der Waals surface area contributed by atoms with Crippen molar-refractivity contribution in [3.63, 3.8) is 0 Å². The molecule has 9 rings (SSSR count). The van der Waals surface area contributed by atoms with Gasteiger partial charge in [0.25, 0.3) is 21.6 Å². The molecule has 3 aromatic carbocycles. The number of nitrogens with one attached hydrogen (secondary N) is 3. The molecular weight excluding hydrogens is 830 g/mol. The number of nitrogens with zero attached hydrogens (tertiary/aromatic N) is 4. The Labute approximate surface area is 366 Å². The highest BCUT2D eigenvalue weighted by Gasteiger charge is 2.50. The van der Waals surface area contributed by atoms with E-state index >= 15 is 0 Å². The molecule has 1 aliphatic carbocycles. The average molecular weight is 882 g/mol. The first-order valence-electron chi connectivity index (χ1n) is 21.7. The number of rotatable bonds is 13. The highest BCUT2D eigenvalue weighted by atomic mass is 35.5. The number of benzene rings is 3. The summed E-state index contributed by atoms with van der Waals surface area (Å²) in [7, 11) is -4.54. The number of likely N-dealkylation sites (tertiary alicyclic amines) is 1. The van der Waals surface area contributed by atoms with Crippen LogP contribution in [0.15, 0.2) is 84.0 Å². The van der Waals surface area contributed by atoms with E-state index in [2.05, 4.69) is 48.9 Å². The largest absolute Gasteiger partial charge is 0.455 e. The van der Waals surface area contributed by atoms with Gasteiger partial charge in [0.15, 0.2) is 0 Å². The molecule has 3 N–H and O–H groups in total. The number of carbonyl (C=O) groups excluding carboxylic acids is 1. The Balaban J connectivity index is 0.904. The summed E-state index contributed by atoms with van der Waals surface area (Å²) in [6.07, 6.45) is 12.7. The molecule has 4 fully saturated rings. The van der Waals surface area contributed by atoms with Crippen LogP contribution in [0.5, 0.6) is 11.5 Å². The van der Waals surface area contributed by atoms with Gasteiger partial charge in [0.05, 0.1) is 21.6 Å². The van der Waals surface area contributed by atoms with Crippen molar-refractivity contribution in [1.82, 2.24) is 19.6 Å². The van der Waals surface area contributed by atoms with Gasteiger partial charge < -0.3 is 24.7 Å². The van der Waals surface area contributed by atoms with Crippen LogP contribution in [0.4, 0.5) is 17.1 Å². The molecule has 1 saturated carbocycles. The lowest BCUT2D eigenvalue weighted by molar-refractivity contribution is -0.384. The van der Waals surface area contributed by atoms with Gasteiger partial charge in [0.2, 0.25) is 0 Å². The van der Waals surface area contributed by atoms with Crippen molar-refractivity contribution in [2.24, 2.45) is 11.3 Å². The van der Waals surface area contributed by atoms with E-state index in [1.807, 2.05) is 18.2 Å². The number of nitro benzene ring substituents is 1. The molecule has 1 atom stereocenters. The van der Waals surface area contributed by atoms with Crippen molar-refractivity contribution >= 4 is 55.6 Å². The predicted octanol–water partition coefficient (Wildman–Crippen LogP) is 9.02. The molecule has 2 aromatic heterocycles. The molecule has 326 valence electrons. The third-order valence-corrected chi connectivity index (χ3v) is 15.3. The summed E-state index contributed by atoms with van der Waals surface area (Å²) in [4.78, 5) is 37.5. The van der Waals surface area contributed by atoms with Crippen molar-refractivity contribution in [2.75, 3.05) is 49.6 Å². The van der Waals surface area contributed by atoms with E-state index in [-0.39, 0.29) is 28.3 Å². The maximum atomic E-state index is 13.9. The maximum absolute atomic E-state index is 13.9. The molecule has 0 radical (unpaired) electrons. The number of aromatic nitrogens is 2. The Bertz CT molecular complexity index is 2580. The Hall–Kier alpha value is -5.22. The van der Waals surface area contributed by atoms with Crippen LogP contribution in [0.25, 0.3) is 11.0 Å². The van der Waals surface area contributed by atoms with Gasteiger partial charge in [-0.05, 0) is 129 Å². The first kappa shape index (κ1) is 42.1. The number of sulfonamides is 1. The van der Waals surface area contributed by atoms with Gasteiger partial charge in [-0.1, -0.05) is 30.7 Å². The molecular formula is C46H52ClN7O7S. The number of aromatic amines is 1. The lowest BCUT2D eigenvalue weighted by atomic mass is 9.59. The van der Waals surface area contributed by atoms with E-state index in [4.69, 9.17) is 21.1 Å². The van der Waals surface area contributed by atoms with Crippen LogP contribution < -0.4 is 19.7 Å². The van der Waals surface area contributed by atoms with Crippen molar-refractivity contribution in [2.45, 2.75) is 81.7 Å². The molecule has 3 aliphatic heterocycles. The zero-order chi connectivity index (χ0) is 43.0. The number of H-pyrrole nitrogens is 1. The average Bonchev–Trinajstić information content (AvgIpc) is 3.95. The number of amides is 1. The number of halogens is 1. The minimum absolute atomic E-state index is 0.0165. The molecule has 1 amide bonds. The van der Waals surface area contributed by atoms with E-state index in [1.165, 1.54) is 42.5 Å². The standard InChI is InChI=1S/C46H52ClN7O7S/c1-2-36-37(5-3-6-39(36)47)41-7-4-18-53(41)33-26-46(27-33)15-19-52(20-16-46)32-8-10-38(43(24-32)61-34-23-31-12-17-48-44(31)50-29-34)45(55)51-62(58,59)35-9-11-40(42(25-35)54(56)57)49-28-30-13-21-60-22-14-30/h3,5-6,8-12,17,23-25,29-30,33,41,49H,2,4,7,13-16,18-22,26-28H2,1H3,(H,48,50)(H,51,55)/t41-/m0/s1. The van der Waals surface area contributed by atoms with Gasteiger partial charge in [0, 0.05) is 79.4 Å². The van der Waals surface area contributed by atoms with Crippen LogP contribution in [0.3, 0.4) is 0 Å². The lowest BCUT2D eigenvalue weighted by Gasteiger charge is -2.56. The zero-order valence-corrected chi connectivity index (χ0v) is 36.3. The summed E-state index contributed by atoms with van der Waals surface area (Å²) in [5, 5.41) is 16.9. The minimum atomic E-state index is -4.54. The molecule has 14 nitrogen and oxygen atoms in total. The van der Waals surface area contributed by atoms with Crippen molar-refractivity contribution < 1.29 is 27.6 Å². The van der Waals surface area contributed by atoms with E-state index in [0.29, 0.717) is 43.2 Å². The highest BCUT2D eigenvalue weighted by Crippen LogP contribution is 2.54. The first-order chi connectivity index (χ1) is 30.0. The molecule has 1 spiro atoms. The first-order valence-corrected chi connectivity index (χ1v) is 23.6. The molecule has 62 heavy (non-hydrogen) atoms. The molecule has 4 aliphatic rings. The van der Waals surface area contributed by atoms with Gasteiger partial charge in [-0.2, -0.15) is 0 Å². The summed E-state index contributed by atoms with van der Waals surface area (Å²) < 4.78 is 41.2. The van der Waals surface area contributed by atoms with Gasteiger partial charge in [0.1, 0.15) is 22.8 Å². The fraction of sp³-hybridized carbons (Fsp3) is 0.435. The number of carbonyl (C=O) groups is 1. The summed E-state index contributed by atoms with van der Waals surface area (Å²) in [6.45, 7) is 6.71. The smallest absolute Gasteiger partial charge is 0.293 e. The summed E-state index contributed by atoms with van der Waals surface area (Å²) in [5.74, 6) is -0.135. The predicted molar refractivity (Wildman–Crippen MR) is 239 cm³/mol. The van der Waals surface area contributed by atoms with Crippen LogP contribution in [-0.4, -0.2) is 79.6 Å². The van der Waals surface area contributed by atoms with Crippen LogP contribution in [0, 0.1) is 21.4 Å². The maximum Gasteiger partial charge on any atom is 0.293 e. The Kier molecular flexibility index (Phi) is 11.9. The Morgan fingerprint density at radius 2 is 1.85 bits per heavy atom. The Morgan fingerprint density at radius 3 is 2.63 bits per heavy atom. The second-order valence-electron chi connectivity index (χ2n) is 17.3. The highest BCUT2D eigenvalue weighted by molar-refractivity contribution is 7.90. The van der Waals surface area contributed by atoms with Gasteiger partial charge in [-0.25, -0.2) is 18.1 Å². The molecule has 5 aromatic rings. The van der Waals surface area contributed by atoms with E-state index < -0.39 is 31.4 Å². The number of fused-ring (bicyclic) bond motifs is 1. The van der Waals surface area contributed by atoms with E-state index in [0.717, 1.165) is 80.3 Å². The summed E-state index contributed by atoms with van der Waals surface area (Å²) in [6, 6.07) is 19.7. The molecule has 3 saturated heterocycles. The van der Waals surface area contributed by atoms with Crippen LogP contribution >= 0.6 is 11.6 Å². The molecule has 0 bridgehead atoms. The molecule has 16 heteroatoms. The minimum Gasteiger partial charge on any atom is -0.455 e. The topological polar surface area (TPSA) is 172 Å². The summed E-state index contributed by atoms with van der Waals surface area (Å²) >= 11 is 6.65. The number of hydrogen-bond acceptors (Lipinski definition) is 11. The van der Waals surface area contributed by atoms with Crippen molar-refractivity contribution in [3.8, 4) is 11.5 Å². The van der Waals surface area contributed by atoms with Crippen LogP contribution in [0.2, 0.25) is 5.02 Å². The number of ether oxygens (including phenoxy) is 2. The monoisotopic (exact) mass is 881 g/mol. The van der Waals surface area contributed by atoms with Gasteiger partial charge in [-0.15, -0.1) is 0 Å². The van der Waals surface area contributed by atoms with Gasteiger partial charge in [-0.3, -0.25) is 19.8 Å². The van der Waals surface area contributed by atoms with Gasteiger partial charge >= 0.3 is 0 Å². The van der Waals surface area contributed by atoms with E-state index in [9.17, 15) is 23.3 Å². The fourth-order valence-electron chi connectivity index (χ4n) is 10.1. The van der Waals surface area contributed by atoms with E-state index in [1.54, 1.807) is 30.6 Å². The van der Waals surface area contributed by atoms with Crippen molar-refractivity contribution in [1.29, 1.82) is 0 Å². The second-order valence-corrected chi connectivity index (χ2v) is 19.4. The normalized spacial score (nSPS) is 19.7. The summed E-state index contributed by atoms with van der Waals surface area (Å²) in [5.41, 5.74) is 4.25. The van der Waals surface area contributed by atoms with Crippen LogP contribution in [-0.2, 0) is 21.2 Å². The van der Waals surface area contributed by atoms with Crippen LogP contribution in [0.1, 0.15) is 85.8 Å². The quantitative estimate of drug-likeness (QED) is 0.0761. The SMILES string of the molecule is CCc1c(Cl)cccc1[C@@H]1CCCN1C1CC2(CCN(c3ccc(C(=O)NS(=O)(=O)c4ccc(NCC5CCOCC5)c([N+](=O)[O-])c4)c(Oc4cnc5[nH]ccc5c4)c3)CC2)C1. The molecule has 5 heterocycles. The Morgan fingerprint density at radius 1 is 1.05 bits per heavy atom.